The maximum atomic E-state index is 6.08. The average molecular weight is 390 g/mol. The first kappa shape index (κ1) is 19.3. The molecule has 144 valence electrons. The number of rotatable bonds is 5. The van der Waals surface area contributed by atoms with Gasteiger partial charge < -0.3 is 4.74 Å². The number of benzene rings is 3. The summed E-state index contributed by atoms with van der Waals surface area (Å²) in [6, 6.07) is 26.1. The number of morpholine rings is 1. The minimum Gasteiger partial charge on any atom is -0.371 e. The molecule has 1 unspecified atom stereocenters. The summed E-state index contributed by atoms with van der Waals surface area (Å²) in [4.78, 5) is 5.12. The molecule has 1 aliphatic heterocycles. The zero-order valence-corrected chi connectivity index (χ0v) is 17.4. The van der Waals surface area contributed by atoms with Crippen molar-refractivity contribution in [2.75, 3.05) is 19.7 Å². The zero-order chi connectivity index (χ0) is 19.3. The highest BCUT2D eigenvalue weighted by Crippen LogP contribution is 2.34. The molecule has 1 atom stereocenters. The van der Waals surface area contributed by atoms with Crippen molar-refractivity contribution >= 4 is 11.8 Å². The predicted octanol–water partition coefficient (Wildman–Crippen LogP) is 6.03. The summed E-state index contributed by atoms with van der Waals surface area (Å²) < 4.78 is 6.08. The van der Waals surface area contributed by atoms with E-state index in [1.165, 1.54) is 32.0 Å². The molecule has 0 aliphatic carbocycles. The minimum atomic E-state index is 0.150. The molecule has 0 amide bonds. The van der Waals surface area contributed by atoms with Crippen LogP contribution in [-0.2, 0) is 11.3 Å². The minimum absolute atomic E-state index is 0.150. The van der Waals surface area contributed by atoms with Gasteiger partial charge in [-0.25, -0.2) is 0 Å². The zero-order valence-electron chi connectivity index (χ0n) is 16.6. The van der Waals surface area contributed by atoms with Crippen molar-refractivity contribution in [1.29, 1.82) is 0 Å². The van der Waals surface area contributed by atoms with Crippen molar-refractivity contribution in [1.82, 2.24) is 4.90 Å². The lowest BCUT2D eigenvalue weighted by Crippen LogP contribution is -2.37. The summed E-state index contributed by atoms with van der Waals surface area (Å²) in [6.07, 6.45) is 0.150. The number of hydrogen-bond donors (Lipinski definition) is 0. The Morgan fingerprint density at radius 2 is 1.61 bits per heavy atom. The van der Waals surface area contributed by atoms with E-state index in [4.69, 9.17) is 4.74 Å². The Morgan fingerprint density at radius 1 is 0.893 bits per heavy atom. The summed E-state index contributed by atoms with van der Waals surface area (Å²) in [6.45, 7) is 8.07. The smallest absolute Gasteiger partial charge is 0.0952 e. The second kappa shape index (κ2) is 8.95. The number of aryl methyl sites for hydroxylation is 2. The van der Waals surface area contributed by atoms with Gasteiger partial charge in [-0.3, -0.25) is 4.90 Å². The van der Waals surface area contributed by atoms with Crippen molar-refractivity contribution in [3.8, 4) is 0 Å². The van der Waals surface area contributed by atoms with Gasteiger partial charge in [0.25, 0.3) is 0 Å². The third kappa shape index (κ3) is 4.67. The van der Waals surface area contributed by atoms with Crippen LogP contribution in [0, 0.1) is 13.8 Å². The molecular weight excluding hydrogens is 362 g/mol. The lowest BCUT2D eigenvalue weighted by molar-refractivity contribution is -0.0329. The molecule has 2 nitrogen and oxygen atoms in total. The SMILES string of the molecule is Cc1cccc(C)c1Sc1ccc(C2CN(Cc3ccccc3)CCO2)cc1. The molecule has 0 spiro atoms. The molecule has 3 heteroatoms. The monoisotopic (exact) mass is 389 g/mol. The van der Waals surface area contributed by atoms with E-state index in [1.54, 1.807) is 0 Å². The van der Waals surface area contributed by atoms with E-state index in [0.717, 1.165) is 26.2 Å². The summed E-state index contributed by atoms with van der Waals surface area (Å²) in [5.74, 6) is 0. The van der Waals surface area contributed by atoms with Crippen LogP contribution >= 0.6 is 11.8 Å². The van der Waals surface area contributed by atoms with Crippen LogP contribution < -0.4 is 0 Å². The van der Waals surface area contributed by atoms with Gasteiger partial charge in [-0.1, -0.05) is 72.4 Å². The van der Waals surface area contributed by atoms with Gasteiger partial charge in [-0.2, -0.15) is 0 Å². The molecule has 1 fully saturated rings. The maximum absolute atomic E-state index is 6.08. The molecule has 0 radical (unpaired) electrons. The molecule has 0 aromatic heterocycles. The molecular formula is C25H27NOS. The van der Waals surface area contributed by atoms with E-state index in [0.29, 0.717) is 0 Å². The highest BCUT2D eigenvalue weighted by atomic mass is 32.2. The van der Waals surface area contributed by atoms with E-state index < -0.39 is 0 Å². The summed E-state index contributed by atoms with van der Waals surface area (Å²) in [5, 5.41) is 0. The molecule has 0 N–H and O–H groups in total. The first-order valence-corrected chi connectivity index (χ1v) is 10.7. The van der Waals surface area contributed by atoms with Gasteiger partial charge >= 0.3 is 0 Å². The Balaban J connectivity index is 1.42. The Labute approximate surface area is 172 Å². The second-order valence-corrected chi connectivity index (χ2v) is 8.56. The highest BCUT2D eigenvalue weighted by Gasteiger charge is 2.22. The van der Waals surface area contributed by atoms with Crippen LogP contribution in [0.1, 0.15) is 28.4 Å². The molecule has 1 saturated heterocycles. The molecule has 3 aromatic rings. The van der Waals surface area contributed by atoms with Gasteiger partial charge in [-0.05, 0) is 48.2 Å². The predicted molar refractivity (Wildman–Crippen MR) is 117 cm³/mol. The van der Waals surface area contributed by atoms with Gasteiger partial charge in [-0.15, -0.1) is 0 Å². The van der Waals surface area contributed by atoms with Crippen LogP contribution in [0.25, 0.3) is 0 Å². The van der Waals surface area contributed by atoms with E-state index >= 15 is 0 Å². The standard InChI is InChI=1S/C25H27NOS/c1-19-7-6-8-20(2)25(19)28-23-13-11-22(12-14-23)24-18-26(15-16-27-24)17-21-9-4-3-5-10-21/h3-14,24H,15-18H2,1-2H3. The van der Waals surface area contributed by atoms with Gasteiger partial charge in [0.2, 0.25) is 0 Å². The molecule has 3 aromatic carbocycles. The first-order chi connectivity index (χ1) is 13.7. The average Bonchev–Trinajstić information content (AvgIpc) is 2.72. The summed E-state index contributed by atoms with van der Waals surface area (Å²) in [7, 11) is 0. The number of nitrogens with zero attached hydrogens (tertiary/aromatic N) is 1. The lowest BCUT2D eigenvalue weighted by atomic mass is 10.1. The fraction of sp³-hybridized carbons (Fsp3) is 0.280. The molecule has 1 heterocycles. The molecule has 28 heavy (non-hydrogen) atoms. The fourth-order valence-corrected chi connectivity index (χ4v) is 4.68. The Bertz CT molecular complexity index is 887. The van der Waals surface area contributed by atoms with Gasteiger partial charge in [0.1, 0.15) is 0 Å². The quantitative estimate of drug-likeness (QED) is 0.529. The van der Waals surface area contributed by atoms with Gasteiger partial charge in [0.05, 0.1) is 12.7 Å². The second-order valence-electron chi connectivity index (χ2n) is 7.47. The third-order valence-corrected chi connectivity index (χ3v) is 6.64. The van der Waals surface area contributed by atoms with Crippen LogP contribution in [-0.4, -0.2) is 24.6 Å². The van der Waals surface area contributed by atoms with E-state index in [1.807, 2.05) is 11.8 Å². The van der Waals surface area contributed by atoms with Gasteiger partial charge in [0.15, 0.2) is 0 Å². The largest absolute Gasteiger partial charge is 0.371 e. The van der Waals surface area contributed by atoms with Crippen molar-refractivity contribution in [2.24, 2.45) is 0 Å². The summed E-state index contributed by atoms with van der Waals surface area (Å²) in [5.41, 5.74) is 5.30. The van der Waals surface area contributed by atoms with Crippen molar-refractivity contribution in [2.45, 2.75) is 36.3 Å². The third-order valence-electron chi connectivity index (χ3n) is 5.28. The van der Waals surface area contributed by atoms with E-state index in [-0.39, 0.29) is 6.10 Å². The maximum Gasteiger partial charge on any atom is 0.0952 e. The van der Waals surface area contributed by atoms with Crippen molar-refractivity contribution in [3.05, 3.63) is 95.1 Å². The van der Waals surface area contributed by atoms with Crippen LogP contribution in [0.5, 0.6) is 0 Å². The number of hydrogen-bond acceptors (Lipinski definition) is 3. The normalized spacial score (nSPS) is 17.6. The molecule has 0 saturated carbocycles. The van der Waals surface area contributed by atoms with Crippen molar-refractivity contribution in [3.63, 3.8) is 0 Å². The Kier molecular flexibility index (Phi) is 6.16. The van der Waals surface area contributed by atoms with Crippen molar-refractivity contribution < 1.29 is 4.74 Å². The van der Waals surface area contributed by atoms with Gasteiger partial charge in [0, 0.05) is 29.4 Å². The van der Waals surface area contributed by atoms with Crippen LogP contribution in [0.15, 0.2) is 82.6 Å². The van der Waals surface area contributed by atoms with Crippen LogP contribution in [0.4, 0.5) is 0 Å². The van der Waals surface area contributed by atoms with Crippen LogP contribution in [0.3, 0.4) is 0 Å². The summed E-state index contributed by atoms with van der Waals surface area (Å²) >= 11 is 1.85. The number of ether oxygens (including phenoxy) is 1. The topological polar surface area (TPSA) is 12.5 Å². The molecule has 0 bridgehead atoms. The molecule has 1 aliphatic rings. The van der Waals surface area contributed by atoms with E-state index in [2.05, 4.69) is 91.5 Å². The van der Waals surface area contributed by atoms with Crippen LogP contribution in [0.2, 0.25) is 0 Å². The Hall–Kier alpha value is -2.07. The molecule has 4 rings (SSSR count). The highest BCUT2D eigenvalue weighted by molar-refractivity contribution is 7.99. The lowest BCUT2D eigenvalue weighted by Gasteiger charge is -2.33. The fourth-order valence-electron chi connectivity index (χ4n) is 3.72. The van der Waals surface area contributed by atoms with E-state index in [9.17, 15) is 0 Å². The Morgan fingerprint density at radius 3 is 2.32 bits per heavy atom. The first-order valence-electron chi connectivity index (χ1n) is 9.91.